The molecule has 0 atom stereocenters. The minimum atomic E-state index is -0.607. The first kappa shape index (κ1) is 20.3. The van der Waals surface area contributed by atoms with Crippen LogP contribution in [0.2, 0.25) is 0 Å². The average molecular weight is 408 g/mol. The number of rotatable bonds is 6. The number of nitrogens with one attached hydrogen (secondary N) is 2. The molecule has 0 aliphatic rings. The van der Waals surface area contributed by atoms with Gasteiger partial charge in [-0.25, -0.2) is 4.79 Å². The second kappa shape index (κ2) is 9.16. The first-order chi connectivity index (χ1) is 14.0. The lowest BCUT2D eigenvalue weighted by Crippen LogP contribution is -2.22. The molecule has 0 fully saturated rings. The van der Waals surface area contributed by atoms with Crippen molar-refractivity contribution in [3.05, 3.63) is 87.8 Å². The van der Waals surface area contributed by atoms with Gasteiger partial charge >= 0.3 is 5.97 Å². The molecule has 0 saturated heterocycles. The van der Waals surface area contributed by atoms with E-state index in [4.69, 9.17) is 4.74 Å². The minimum absolute atomic E-state index is 0.187. The van der Waals surface area contributed by atoms with Gasteiger partial charge in [-0.05, 0) is 30.2 Å². The van der Waals surface area contributed by atoms with Crippen LogP contribution >= 0.6 is 11.3 Å². The lowest BCUT2D eigenvalue weighted by Gasteiger charge is -2.06. The molecule has 0 aliphatic carbocycles. The van der Waals surface area contributed by atoms with Gasteiger partial charge < -0.3 is 15.4 Å². The zero-order valence-electron chi connectivity index (χ0n) is 16.0. The fraction of sp³-hybridized carbons (Fsp3) is 0.136. The standard InChI is InChI=1S/C22H20N2O4S/c1-14-17(22(27)28-2)21(24-19(25)16-11-7-4-8-12-16)29-18(14)20(26)23-13-15-9-5-3-6-10-15/h3-12H,13H2,1-2H3,(H,23,26)(H,24,25). The van der Waals surface area contributed by atoms with Crippen LogP contribution in [0.3, 0.4) is 0 Å². The topological polar surface area (TPSA) is 84.5 Å². The predicted molar refractivity (Wildman–Crippen MR) is 112 cm³/mol. The Morgan fingerprint density at radius 1 is 0.931 bits per heavy atom. The van der Waals surface area contributed by atoms with Crippen LogP contribution in [0.15, 0.2) is 60.7 Å². The second-order valence-corrected chi connectivity index (χ2v) is 7.26. The summed E-state index contributed by atoms with van der Waals surface area (Å²) in [7, 11) is 1.26. The number of benzene rings is 2. The number of carbonyl (C=O) groups excluding carboxylic acids is 3. The van der Waals surface area contributed by atoms with Gasteiger partial charge in [-0.15, -0.1) is 11.3 Å². The highest BCUT2D eigenvalue weighted by atomic mass is 32.1. The number of ether oxygens (including phenoxy) is 1. The van der Waals surface area contributed by atoms with Crippen LogP contribution in [0.25, 0.3) is 0 Å². The number of esters is 1. The number of anilines is 1. The molecule has 6 nitrogen and oxygen atoms in total. The Balaban J connectivity index is 1.85. The molecular weight excluding hydrogens is 388 g/mol. The number of amides is 2. The van der Waals surface area contributed by atoms with E-state index in [9.17, 15) is 14.4 Å². The molecule has 0 radical (unpaired) electrons. The lowest BCUT2D eigenvalue weighted by molar-refractivity contribution is 0.0601. The van der Waals surface area contributed by atoms with Crippen LogP contribution in [0, 0.1) is 6.92 Å². The summed E-state index contributed by atoms with van der Waals surface area (Å²) in [5.41, 5.74) is 2.06. The van der Waals surface area contributed by atoms with Gasteiger partial charge in [0.1, 0.15) is 5.00 Å². The molecule has 0 unspecified atom stereocenters. The zero-order valence-corrected chi connectivity index (χ0v) is 16.8. The highest BCUT2D eigenvalue weighted by Gasteiger charge is 2.26. The zero-order chi connectivity index (χ0) is 20.8. The fourth-order valence-electron chi connectivity index (χ4n) is 2.79. The monoisotopic (exact) mass is 408 g/mol. The van der Waals surface area contributed by atoms with Gasteiger partial charge in [-0.2, -0.15) is 0 Å². The third-order valence-electron chi connectivity index (χ3n) is 4.30. The number of methoxy groups -OCH3 is 1. The van der Waals surface area contributed by atoms with E-state index >= 15 is 0 Å². The Hall–Kier alpha value is -3.45. The van der Waals surface area contributed by atoms with Gasteiger partial charge in [0, 0.05) is 12.1 Å². The molecule has 3 rings (SSSR count). The Kier molecular flexibility index (Phi) is 6.41. The third-order valence-corrected chi connectivity index (χ3v) is 5.51. The Labute approximate surface area is 172 Å². The maximum atomic E-state index is 12.7. The van der Waals surface area contributed by atoms with E-state index in [-0.39, 0.29) is 22.4 Å². The number of hydrogen-bond donors (Lipinski definition) is 2. The average Bonchev–Trinajstić information content (AvgIpc) is 3.08. The Morgan fingerprint density at radius 3 is 2.17 bits per heavy atom. The summed E-state index contributed by atoms with van der Waals surface area (Å²) in [4.78, 5) is 37.9. The van der Waals surface area contributed by atoms with Gasteiger partial charge in [0.05, 0.1) is 17.6 Å². The molecule has 0 spiro atoms. The molecule has 0 aliphatic heterocycles. The first-order valence-corrected chi connectivity index (χ1v) is 9.73. The van der Waals surface area contributed by atoms with Crippen molar-refractivity contribution in [1.29, 1.82) is 0 Å². The molecule has 29 heavy (non-hydrogen) atoms. The van der Waals surface area contributed by atoms with E-state index in [0.717, 1.165) is 16.9 Å². The minimum Gasteiger partial charge on any atom is -0.465 e. The van der Waals surface area contributed by atoms with Crippen molar-refractivity contribution in [3.8, 4) is 0 Å². The molecular formula is C22H20N2O4S. The third kappa shape index (κ3) is 4.70. The Bertz CT molecular complexity index is 1030. The fourth-order valence-corrected chi connectivity index (χ4v) is 3.90. The van der Waals surface area contributed by atoms with Gasteiger partial charge in [0.2, 0.25) is 0 Å². The van der Waals surface area contributed by atoms with Crippen LogP contribution in [0.5, 0.6) is 0 Å². The molecule has 1 heterocycles. The number of thiophene rings is 1. The maximum Gasteiger partial charge on any atom is 0.341 e. The molecule has 2 aromatic carbocycles. The summed E-state index contributed by atoms with van der Waals surface area (Å²) >= 11 is 1.05. The molecule has 2 N–H and O–H groups in total. The van der Waals surface area contributed by atoms with Crippen LogP contribution < -0.4 is 10.6 Å². The van der Waals surface area contributed by atoms with Crippen LogP contribution in [-0.2, 0) is 11.3 Å². The van der Waals surface area contributed by atoms with E-state index in [1.807, 2.05) is 30.3 Å². The van der Waals surface area contributed by atoms with E-state index in [2.05, 4.69) is 10.6 Å². The molecule has 7 heteroatoms. The second-order valence-electron chi connectivity index (χ2n) is 6.24. The van der Waals surface area contributed by atoms with Gasteiger partial charge in [0.25, 0.3) is 11.8 Å². The van der Waals surface area contributed by atoms with E-state index < -0.39 is 5.97 Å². The van der Waals surface area contributed by atoms with Crippen molar-refractivity contribution < 1.29 is 19.1 Å². The predicted octanol–water partition coefficient (Wildman–Crippen LogP) is 4.03. The molecule has 1 aromatic heterocycles. The van der Waals surface area contributed by atoms with Gasteiger partial charge in [0.15, 0.2) is 0 Å². The summed E-state index contributed by atoms with van der Waals surface area (Å²) in [6.07, 6.45) is 0. The lowest BCUT2D eigenvalue weighted by atomic mass is 10.1. The van der Waals surface area contributed by atoms with Crippen molar-refractivity contribution in [2.75, 3.05) is 12.4 Å². The summed E-state index contributed by atoms with van der Waals surface area (Å²) in [5.74, 6) is -1.29. The van der Waals surface area contributed by atoms with E-state index in [1.54, 1.807) is 37.3 Å². The highest BCUT2D eigenvalue weighted by molar-refractivity contribution is 7.18. The molecule has 2 amide bonds. The summed E-state index contributed by atoms with van der Waals surface area (Å²) < 4.78 is 4.85. The van der Waals surface area contributed by atoms with Crippen molar-refractivity contribution in [1.82, 2.24) is 5.32 Å². The SMILES string of the molecule is COC(=O)c1c(NC(=O)c2ccccc2)sc(C(=O)NCc2ccccc2)c1C. The Morgan fingerprint density at radius 2 is 1.55 bits per heavy atom. The molecule has 0 bridgehead atoms. The number of hydrogen-bond acceptors (Lipinski definition) is 5. The molecule has 148 valence electrons. The quantitative estimate of drug-likeness (QED) is 0.603. The van der Waals surface area contributed by atoms with E-state index in [0.29, 0.717) is 22.5 Å². The first-order valence-electron chi connectivity index (χ1n) is 8.91. The van der Waals surface area contributed by atoms with E-state index in [1.165, 1.54) is 7.11 Å². The smallest absolute Gasteiger partial charge is 0.341 e. The maximum absolute atomic E-state index is 12.7. The molecule has 0 saturated carbocycles. The van der Waals surface area contributed by atoms with Crippen LogP contribution in [-0.4, -0.2) is 24.9 Å². The summed E-state index contributed by atoms with van der Waals surface area (Å²) in [6, 6.07) is 18.1. The normalized spacial score (nSPS) is 10.3. The van der Waals surface area contributed by atoms with Crippen molar-refractivity contribution in [2.24, 2.45) is 0 Å². The van der Waals surface area contributed by atoms with Crippen molar-refractivity contribution >= 4 is 34.1 Å². The largest absolute Gasteiger partial charge is 0.465 e. The van der Waals surface area contributed by atoms with Gasteiger partial charge in [-0.1, -0.05) is 48.5 Å². The molecule has 3 aromatic rings. The van der Waals surface area contributed by atoms with Crippen LogP contribution in [0.1, 0.15) is 41.5 Å². The van der Waals surface area contributed by atoms with Crippen molar-refractivity contribution in [3.63, 3.8) is 0 Å². The number of carbonyl (C=O) groups is 3. The van der Waals surface area contributed by atoms with Gasteiger partial charge in [-0.3, -0.25) is 9.59 Å². The van der Waals surface area contributed by atoms with Crippen molar-refractivity contribution in [2.45, 2.75) is 13.5 Å². The highest BCUT2D eigenvalue weighted by Crippen LogP contribution is 2.34. The van der Waals surface area contributed by atoms with Crippen LogP contribution in [0.4, 0.5) is 5.00 Å². The summed E-state index contributed by atoms with van der Waals surface area (Å²) in [6.45, 7) is 2.02. The summed E-state index contributed by atoms with van der Waals surface area (Å²) in [5, 5.41) is 5.86.